The van der Waals surface area contributed by atoms with Crippen LogP contribution in [0.3, 0.4) is 0 Å². The number of hydrogen-bond acceptors (Lipinski definition) is 9. The molecule has 1 aliphatic heterocycles. The molecule has 1 aliphatic rings. The Hall–Kier alpha value is -3.63. The Balaban J connectivity index is 1.62. The maximum absolute atomic E-state index is 12.8. The molecule has 34 heavy (non-hydrogen) atoms. The number of carbonyl (C=O) groups is 1. The van der Waals surface area contributed by atoms with E-state index in [1.807, 2.05) is 0 Å². The van der Waals surface area contributed by atoms with Crippen molar-refractivity contribution in [2.45, 2.75) is 12.5 Å². The second kappa shape index (κ2) is 12.6. The molecule has 1 fully saturated rings. The van der Waals surface area contributed by atoms with Gasteiger partial charge < -0.3 is 30.5 Å². The summed E-state index contributed by atoms with van der Waals surface area (Å²) in [6.45, 7) is 4.56. The van der Waals surface area contributed by atoms with E-state index in [0.29, 0.717) is 17.7 Å². The molecule has 0 saturated carbocycles. The molecule has 5 N–H and O–H groups in total. The fourth-order valence-corrected chi connectivity index (χ4v) is 3.36. The highest BCUT2D eigenvalue weighted by atomic mass is 16.5. The van der Waals surface area contributed by atoms with Crippen molar-refractivity contribution in [2.75, 3.05) is 45.9 Å². The van der Waals surface area contributed by atoms with Crippen LogP contribution in [0.15, 0.2) is 46.4 Å². The average Bonchev–Trinajstić information content (AvgIpc) is 2.81. The molecular weight excluding hydrogens is 440 g/mol. The van der Waals surface area contributed by atoms with Crippen molar-refractivity contribution in [3.05, 3.63) is 47.5 Å². The van der Waals surface area contributed by atoms with Crippen LogP contribution in [0.5, 0.6) is 23.0 Å². The number of phenolic OH excluding ortho intramolecular Hbond substituents is 4. The summed E-state index contributed by atoms with van der Waals surface area (Å²) in [5.41, 5.74) is 0.741. The number of ether oxygens (including phenoxy) is 1. The summed E-state index contributed by atoms with van der Waals surface area (Å²) in [6.07, 6.45) is 3.55. The molecule has 10 heteroatoms. The molecule has 0 spiro atoms. The van der Waals surface area contributed by atoms with Crippen molar-refractivity contribution in [3.63, 3.8) is 0 Å². The zero-order valence-electron chi connectivity index (χ0n) is 18.8. The van der Waals surface area contributed by atoms with Crippen LogP contribution < -0.4 is 5.32 Å². The molecule has 2 aromatic rings. The van der Waals surface area contributed by atoms with Crippen molar-refractivity contribution in [1.82, 2.24) is 10.2 Å². The minimum absolute atomic E-state index is 0.00492. The van der Waals surface area contributed by atoms with Gasteiger partial charge in [-0.05, 0) is 37.2 Å². The van der Waals surface area contributed by atoms with Gasteiger partial charge >= 0.3 is 0 Å². The molecule has 0 aromatic heterocycles. The van der Waals surface area contributed by atoms with Crippen LogP contribution in [0, 0.1) is 0 Å². The first kappa shape index (κ1) is 25.0. The molecule has 1 unspecified atom stereocenters. The Morgan fingerprint density at radius 3 is 2.24 bits per heavy atom. The number of benzene rings is 2. The summed E-state index contributed by atoms with van der Waals surface area (Å²) in [7, 11) is 0. The number of aromatic hydroxyl groups is 4. The molecule has 0 bridgehead atoms. The monoisotopic (exact) mass is 470 g/mol. The number of morpholine rings is 1. The second-order valence-corrected chi connectivity index (χ2v) is 7.87. The lowest BCUT2D eigenvalue weighted by Crippen LogP contribution is -2.40. The van der Waals surface area contributed by atoms with E-state index < -0.39 is 6.04 Å². The predicted molar refractivity (Wildman–Crippen MR) is 128 cm³/mol. The Bertz CT molecular complexity index is 1020. The predicted octanol–water partition coefficient (Wildman–Crippen LogP) is 1.25. The first-order valence-corrected chi connectivity index (χ1v) is 11.1. The highest BCUT2D eigenvalue weighted by molar-refractivity contribution is 5.89. The van der Waals surface area contributed by atoms with Crippen molar-refractivity contribution in [1.29, 1.82) is 0 Å². The highest BCUT2D eigenvalue weighted by Gasteiger charge is 2.17. The quantitative estimate of drug-likeness (QED) is 0.259. The zero-order valence-corrected chi connectivity index (χ0v) is 18.8. The van der Waals surface area contributed by atoms with E-state index in [1.165, 1.54) is 48.8 Å². The van der Waals surface area contributed by atoms with E-state index in [9.17, 15) is 25.2 Å². The summed E-state index contributed by atoms with van der Waals surface area (Å²) in [5.74, 6) is -0.760. The number of phenols is 4. The molecule has 1 heterocycles. The largest absolute Gasteiger partial charge is 0.508 e. The smallest absolute Gasteiger partial charge is 0.246 e. The zero-order chi connectivity index (χ0) is 24.3. The number of amides is 1. The SMILES string of the molecule is O=C(NCCCN1CCOCC1)C(CN=Cc1ccc(O)cc1O)N=Cc1ccc(O)cc1O. The standard InChI is InChI=1S/C24H30N4O6/c29-19-4-2-17(22(31)12-19)14-25-16-21(27-15-18-3-5-20(30)13-23(18)32)24(33)26-6-1-7-28-8-10-34-11-9-28/h2-5,12-15,21,29-32H,1,6-11,16H2,(H,26,33). The van der Waals surface area contributed by atoms with Gasteiger partial charge in [-0.1, -0.05) is 0 Å². The second-order valence-electron chi connectivity index (χ2n) is 7.87. The minimum Gasteiger partial charge on any atom is -0.508 e. The van der Waals surface area contributed by atoms with Gasteiger partial charge in [0.15, 0.2) is 0 Å². The molecule has 3 rings (SSSR count). The molecule has 10 nitrogen and oxygen atoms in total. The number of nitrogens with zero attached hydrogens (tertiary/aromatic N) is 3. The summed E-state index contributed by atoms with van der Waals surface area (Å²) in [5, 5.41) is 41.6. The average molecular weight is 471 g/mol. The third kappa shape index (κ3) is 7.75. The van der Waals surface area contributed by atoms with Crippen molar-refractivity contribution in [2.24, 2.45) is 9.98 Å². The lowest BCUT2D eigenvalue weighted by Gasteiger charge is -2.26. The van der Waals surface area contributed by atoms with Crippen molar-refractivity contribution < 1.29 is 30.0 Å². The van der Waals surface area contributed by atoms with Crippen LogP contribution in [-0.2, 0) is 9.53 Å². The van der Waals surface area contributed by atoms with Crippen LogP contribution in [-0.4, -0.2) is 95.6 Å². The van der Waals surface area contributed by atoms with Crippen LogP contribution in [0.4, 0.5) is 0 Å². The van der Waals surface area contributed by atoms with Gasteiger partial charge in [-0.2, -0.15) is 0 Å². The molecule has 1 atom stereocenters. The van der Waals surface area contributed by atoms with E-state index in [-0.39, 0.29) is 35.4 Å². The lowest BCUT2D eigenvalue weighted by atomic mass is 10.2. The molecule has 1 amide bonds. The van der Waals surface area contributed by atoms with Gasteiger partial charge in [0.1, 0.15) is 29.0 Å². The normalized spacial score (nSPS) is 15.6. The highest BCUT2D eigenvalue weighted by Crippen LogP contribution is 2.22. The van der Waals surface area contributed by atoms with Gasteiger partial charge in [0, 0.05) is 55.3 Å². The van der Waals surface area contributed by atoms with Gasteiger partial charge in [0.25, 0.3) is 0 Å². The van der Waals surface area contributed by atoms with E-state index >= 15 is 0 Å². The molecule has 0 aliphatic carbocycles. The molecule has 0 radical (unpaired) electrons. The fourth-order valence-electron chi connectivity index (χ4n) is 3.36. The van der Waals surface area contributed by atoms with Gasteiger partial charge in [-0.15, -0.1) is 0 Å². The Morgan fingerprint density at radius 2 is 1.62 bits per heavy atom. The third-order valence-electron chi connectivity index (χ3n) is 5.29. The Morgan fingerprint density at radius 1 is 1.00 bits per heavy atom. The fraction of sp³-hybridized carbons (Fsp3) is 0.375. The van der Waals surface area contributed by atoms with Gasteiger partial charge in [-0.3, -0.25) is 19.7 Å². The summed E-state index contributed by atoms with van der Waals surface area (Å²) in [6, 6.07) is 7.35. The number of carbonyl (C=O) groups excluding carboxylic acids is 1. The minimum atomic E-state index is -0.868. The van der Waals surface area contributed by atoms with Gasteiger partial charge in [0.05, 0.1) is 19.8 Å². The van der Waals surface area contributed by atoms with E-state index in [4.69, 9.17) is 4.74 Å². The Kier molecular flexibility index (Phi) is 9.24. The summed E-state index contributed by atoms with van der Waals surface area (Å²) >= 11 is 0. The molecule has 1 saturated heterocycles. The van der Waals surface area contributed by atoms with Crippen molar-refractivity contribution in [3.8, 4) is 23.0 Å². The van der Waals surface area contributed by atoms with Crippen LogP contribution in [0.2, 0.25) is 0 Å². The molecule has 2 aromatic carbocycles. The first-order valence-electron chi connectivity index (χ1n) is 11.1. The van der Waals surface area contributed by atoms with Crippen molar-refractivity contribution >= 4 is 18.3 Å². The maximum atomic E-state index is 12.8. The first-order chi connectivity index (χ1) is 16.4. The number of nitrogens with one attached hydrogen (secondary N) is 1. The van der Waals surface area contributed by atoms with Gasteiger partial charge in [-0.25, -0.2) is 0 Å². The summed E-state index contributed by atoms with van der Waals surface area (Å²) < 4.78 is 5.34. The number of rotatable bonds is 10. The van der Waals surface area contributed by atoms with E-state index in [0.717, 1.165) is 39.3 Å². The molecular formula is C24H30N4O6. The van der Waals surface area contributed by atoms with Crippen LogP contribution in [0.25, 0.3) is 0 Å². The summed E-state index contributed by atoms with van der Waals surface area (Å²) in [4.78, 5) is 23.6. The van der Waals surface area contributed by atoms with Crippen LogP contribution >= 0.6 is 0 Å². The molecule has 182 valence electrons. The Labute approximate surface area is 197 Å². The van der Waals surface area contributed by atoms with E-state index in [1.54, 1.807) is 0 Å². The lowest BCUT2D eigenvalue weighted by molar-refractivity contribution is -0.122. The number of aliphatic imine (C=N–C) groups is 2. The third-order valence-corrected chi connectivity index (χ3v) is 5.29. The maximum Gasteiger partial charge on any atom is 0.246 e. The topological polar surface area (TPSA) is 147 Å². The van der Waals surface area contributed by atoms with Gasteiger partial charge in [0.2, 0.25) is 5.91 Å². The number of hydrogen-bond donors (Lipinski definition) is 5. The van der Waals surface area contributed by atoms with E-state index in [2.05, 4.69) is 20.2 Å². The van der Waals surface area contributed by atoms with Crippen LogP contribution in [0.1, 0.15) is 17.5 Å².